The van der Waals surface area contributed by atoms with Crippen LogP contribution >= 0.6 is 0 Å². The molecule has 1 aliphatic carbocycles. The first-order valence-corrected chi connectivity index (χ1v) is 7.67. The molecule has 21 heavy (non-hydrogen) atoms. The van der Waals surface area contributed by atoms with Crippen LogP contribution in [0.25, 0.3) is 0 Å². The van der Waals surface area contributed by atoms with Crippen LogP contribution < -0.4 is 16.6 Å². The lowest BCUT2D eigenvalue weighted by Gasteiger charge is -2.24. The van der Waals surface area contributed by atoms with Gasteiger partial charge in [0.1, 0.15) is 0 Å². The van der Waals surface area contributed by atoms with Crippen LogP contribution in [-0.2, 0) is 0 Å². The number of hydrazine groups is 1. The van der Waals surface area contributed by atoms with Gasteiger partial charge >= 0.3 is 0 Å². The summed E-state index contributed by atoms with van der Waals surface area (Å²) in [5.74, 6) is 5.38. The first kappa shape index (κ1) is 15.8. The van der Waals surface area contributed by atoms with Gasteiger partial charge in [0.2, 0.25) is 0 Å². The lowest BCUT2D eigenvalue weighted by molar-refractivity contribution is 0.0948. The third-order valence-corrected chi connectivity index (χ3v) is 4.27. The van der Waals surface area contributed by atoms with Crippen molar-refractivity contribution in [1.82, 2.24) is 10.2 Å². The molecular weight excluding hydrogens is 264 g/mol. The number of nitrogens with one attached hydrogen (secondary N) is 2. The van der Waals surface area contributed by atoms with Crippen molar-refractivity contribution in [3.63, 3.8) is 0 Å². The fourth-order valence-electron chi connectivity index (χ4n) is 2.94. The van der Waals surface area contributed by atoms with Crippen LogP contribution in [0.2, 0.25) is 0 Å². The Morgan fingerprint density at radius 2 is 2.10 bits per heavy atom. The molecule has 0 atom stereocenters. The van der Waals surface area contributed by atoms with Crippen molar-refractivity contribution in [2.75, 3.05) is 25.6 Å². The molecule has 1 aromatic carbocycles. The number of nitrogens with zero attached hydrogens (tertiary/aromatic N) is 1. The van der Waals surface area contributed by atoms with Gasteiger partial charge in [0.15, 0.2) is 0 Å². The second-order valence-electron chi connectivity index (χ2n) is 5.87. The summed E-state index contributed by atoms with van der Waals surface area (Å²) in [5, 5.41) is 2.98. The molecule has 0 unspecified atom stereocenters. The largest absolute Gasteiger partial charge is 0.351 e. The fourth-order valence-corrected chi connectivity index (χ4v) is 2.94. The number of carbonyl (C=O) groups is 1. The molecule has 5 heteroatoms. The van der Waals surface area contributed by atoms with E-state index in [1.165, 1.54) is 25.7 Å². The summed E-state index contributed by atoms with van der Waals surface area (Å²) < 4.78 is 0. The second-order valence-corrected chi connectivity index (χ2v) is 5.87. The highest BCUT2D eigenvalue weighted by atomic mass is 16.1. The number of nitrogens with two attached hydrogens (primary N) is 1. The molecule has 0 heterocycles. The standard InChI is InChI=1S/C16H26N4O/c1-12-7-8-15(19-17)14(11-12)16(21)18-9-10-20(2)13-5-3-4-6-13/h7-8,11,13,19H,3-6,9-10,17H2,1-2H3,(H,18,21). The summed E-state index contributed by atoms with van der Waals surface area (Å²) in [6, 6.07) is 6.29. The van der Waals surface area contributed by atoms with E-state index in [0.29, 0.717) is 23.8 Å². The molecule has 5 nitrogen and oxygen atoms in total. The highest BCUT2D eigenvalue weighted by Gasteiger charge is 2.19. The van der Waals surface area contributed by atoms with Crippen LogP contribution in [0.3, 0.4) is 0 Å². The van der Waals surface area contributed by atoms with E-state index < -0.39 is 0 Å². The predicted molar refractivity (Wildman–Crippen MR) is 86.2 cm³/mol. The third kappa shape index (κ3) is 4.19. The number of amides is 1. The van der Waals surface area contributed by atoms with Crippen molar-refractivity contribution in [3.05, 3.63) is 29.3 Å². The molecule has 1 saturated carbocycles. The molecule has 0 saturated heterocycles. The van der Waals surface area contributed by atoms with Crippen LogP contribution in [0.4, 0.5) is 5.69 Å². The molecule has 1 aromatic rings. The fraction of sp³-hybridized carbons (Fsp3) is 0.562. The van der Waals surface area contributed by atoms with Crippen LogP contribution in [0, 0.1) is 6.92 Å². The van der Waals surface area contributed by atoms with E-state index in [1.807, 2.05) is 25.1 Å². The van der Waals surface area contributed by atoms with Gasteiger partial charge in [-0.3, -0.25) is 10.6 Å². The SMILES string of the molecule is Cc1ccc(NN)c(C(=O)NCCN(C)C2CCCC2)c1. The van der Waals surface area contributed by atoms with Gasteiger partial charge < -0.3 is 15.6 Å². The molecule has 1 amide bonds. The number of rotatable bonds is 6. The van der Waals surface area contributed by atoms with Gasteiger partial charge in [-0.2, -0.15) is 0 Å². The van der Waals surface area contributed by atoms with Crippen LogP contribution in [0.5, 0.6) is 0 Å². The van der Waals surface area contributed by atoms with Gasteiger partial charge in [-0.05, 0) is 38.9 Å². The van der Waals surface area contributed by atoms with E-state index in [4.69, 9.17) is 5.84 Å². The minimum absolute atomic E-state index is 0.0773. The zero-order valence-electron chi connectivity index (χ0n) is 13.0. The Bertz CT molecular complexity index is 483. The third-order valence-electron chi connectivity index (χ3n) is 4.27. The Kier molecular flexibility index (Phi) is 5.59. The molecule has 0 bridgehead atoms. The van der Waals surface area contributed by atoms with Crippen LogP contribution in [0.1, 0.15) is 41.6 Å². The smallest absolute Gasteiger partial charge is 0.253 e. The summed E-state index contributed by atoms with van der Waals surface area (Å²) in [6.45, 7) is 3.50. The molecule has 1 fully saturated rings. The summed E-state index contributed by atoms with van der Waals surface area (Å²) in [7, 11) is 2.14. The Morgan fingerprint density at radius 3 is 2.76 bits per heavy atom. The van der Waals surface area contributed by atoms with Gasteiger partial charge in [-0.15, -0.1) is 0 Å². The minimum atomic E-state index is -0.0773. The van der Waals surface area contributed by atoms with Crippen molar-refractivity contribution in [2.45, 2.75) is 38.6 Å². The Labute approximate surface area is 126 Å². The van der Waals surface area contributed by atoms with Gasteiger partial charge in [0.25, 0.3) is 5.91 Å². The van der Waals surface area contributed by atoms with Crippen molar-refractivity contribution in [2.24, 2.45) is 5.84 Å². The molecule has 0 aromatic heterocycles. The minimum Gasteiger partial charge on any atom is -0.351 e. The molecule has 0 radical (unpaired) electrons. The number of carbonyl (C=O) groups excluding carboxylic acids is 1. The number of aryl methyl sites for hydroxylation is 1. The average molecular weight is 290 g/mol. The second kappa shape index (κ2) is 7.43. The van der Waals surface area contributed by atoms with Crippen molar-refractivity contribution in [1.29, 1.82) is 0 Å². The molecule has 0 spiro atoms. The maximum absolute atomic E-state index is 12.3. The van der Waals surface area contributed by atoms with Crippen molar-refractivity contribution in [3.8, 4) is 0 Å². The first-order valence-electron chi connectivity index (χ1n) is 7.67. The maximum Gasteiger partial charge on any atom is 0.253 e. The Morgan fingerprint density at radius 1 is 1.38 bits per heavy atom. The van der Waals surface area contributed by atoms with E-state index in [9.17, 15) is 4.79 Å². The Hall–Kier alpha value is -1.59. The Balaban J connectivity index is 1.85. The molecular formula is C16H26N4O. The van der Waals surface area contributed by atoms with Crippen LogP contribution in [0.15, 0.2) is 18.2 Å². The van der Waals surface area contributed by atoms with Gasteiger partial charge in [-0.1, -0.05) is 24.5 Å². The number of nitrogen functional groups attached to an aromatic ring is 1. The van der Waals surface area contributed by atoms with E-state index >= 15 is 0 Å². The molecule has 116 valence electrons. The zero-order valence-corrected chi connectivity index (χ0v) is 13.0. The van der Waals surface area contributed by atoms with Gasteiger partial charge in [0.05, 0.1) is 11.3 Å². The lowest BCUT2D eigenvalue weighted by Crippen LogP contribution is -2.37. The zero-order chi connectivity index (χ0) is 15.2. The maximum atomic E-state index is 12.3. The van der Waals surface area contributed by atoms with E-state index in [-0.39, 0.29) is 5.91 Å². The topological polar surface area (TPSA) is 70.4 Å². The summed E-state index contributed by atoms with van der Waals surface area (Å²) >= 11 is 0. The average Bonchev–Trinajstić information content (AvgIpc) is 3.01. The number of benzene rings is 1. The number of anilines is 1. The van der Waals surface area contributed by atoms with Crippen LogP contribution in [-0.4, -0.2) is 37.0 Å². The lowest BCUT2D eigenvalue weighted by atomic mass is 10.1. The summed E-state index contributed by atoms with van der Waals surface area (Å²) in [5.41, 5.74) is 4.87. The van der Waals surface area contributed by atoms with Gasteiger partial charge in [0, 0.05) is 19.1 Å². The highest BCUT2D eigenvalue weighted by Crippen LogP contribution is 2.22. The monoisotopic (exact) mass is 290 g/mol. The quantitative estimate of drug-likeness (QED) is 0.553. The molecule has 2 rings (SSSR count). The highest BCUT2D eigenvalue weighted by molar-refractivity contribution is 5.99. The number of hydrogen-bond acceptors (Lipinski definition) is 4. The summed E-state index contributed by atoms with van der Waals surface area (Å²) in [4.78, 5) is 14.6. The van der Waals surface area contributed by atoms with Crippen molar-refractivity contribution < 1.29 is 4.79 Å². The van der Waals surface area contributed by atoms with E-state index in [0.717, 1.165) is 12.1 Å². The van der Waals surface area contributed by atoms with Gasteiger partial charge in [-0.25, -0.2) is 0 Å². The predicted octanol–water partition coefficient (Wildman–Crippen LogP) is 1.88. The number of hydrogen-bond donors (Lipinski definition) is 3. The molecule has 0 aliphatic heterocycles. The van der Waals surface area contributed by atoms with Crippen molar-refractivity contribution >= 4 is 11.6 Å². The molecule has 4 N–H and O–H groups in total. The summed E-state index contributed by atoms with van der Waals surface area (Å²) in [6.07, 6.45) is 5.22. The van der Waals surface area contributed by atoms with E-state index in [2.05, 4.69) is 22.7 Å². The molecule has 1 aliphatic rings. The first-order chi connectivity index (χ1) is 10.1. The normalized spacial score (nSPS) is 15.4. The van der Waals surface area contributed by atoms with E-state index in [1.54, 1.807) is 0 Å². The number of likely N-dealkylation sites (N-methyl/N-ethyl adjacent to an activating group) is 1.